The number of para-hydroxylation sites is 1. The number of benzene rings is 2. The van der Waals surface area contributed by atoms with Gasteiger partial charge in [0.25, 0.3) is 0 Å². The van der Waals surface area contributed by atoms with Gasteiger partial charge in [-0.05, 0) is 49.7 Å². The molecule has 0 fully saturated rings. The Morgan fingerprint density at radius 1 is 1.05 bits per heavy atom. The summed E-state index contributed by atoms with van der Waals surface area (Å²) in [5, 5.41) is 1.25. The van der Waals surface area contributed by atoms with Crippen molar-refractivity contribution in [3.05, 3.63) is 59.8 Å². The number of fused-ring (bicyclic) bond motifs is 1. The summed E-state index contributed by atoms with van der Waals surface area (Å²) in [6.07, 6.45) is 0. The molecule has 0 aliphatic heterocycles. The van der Waals surface area contributed by atoms with E-state index in [0.29, 0.717) is 0 Å². The van der Waals surface area contributed by atoms with Gasteiger partial charge in [-0.25, -0.2) is 0 Å². The standard InChI is InChI=1S/C18H18N2O/c1-12-16-6-4-5-7-17(16)20-18(12)13(2)19-14-8-10-15(21-3)11-9-14/h4-11,20H,1-3H3. The fourth-order valence-corrected chi connectivity index (χ4v) is 2.55. The Balaban J connectivity index is 2.00. The van der Waals surface area contributed by atoms with Crippen molar-refractivity contribution in [3.63, 3.8) is 0 Å². The number of hydrogen-bond acceptors (Lipinski definition) is 2. The lowest BCUT2D eigenvalue weighted by atomic mass is 10.1. The smallest absolute Gasteiger partial charge is 0.119 e. The Bertz CT molecular complexity index is 798. The molecule has 3 nitrogen and oxygen atoms in total. The molecule has 0 unspecified atom stereocenters. The number of H-pyrrole nitrogens is 1. The highest BCUT2D eigenvalue weighted by molar-refractivity contribution is 6.04. The summed E-state index contributed by atoms with van der Waals surface area (Å²) in [5.41, 5.74) is 5.38. The predicted molar refractivity (Wildman–Crippen MR) is 87.9 cm³/mol. The molecule has 3 rings (SSSR count). The van der Waals surface area contributed by atoms with Crippen LogP contribution in [0.2, 0.25) is 0 Å². The number of nitrogens with one attached hydrogen (secondary N) is 1. The number of methoxy groups -OCH3 is 1. The molecule has 0 aliphatic rings. The van der Waals surface area contributed by atoms with Crippen LogP contribution in [0.4, 0.5) is 5.69 Å². The monoisotopic (exact) mass is 278 g/mol. The van der Waals surface area contributed by atoms with E-state index in [2.05, 4.69) is 30.1 Å². The molecule has 106 valence electrons. The number of rotatable bonds is 3. The lowest BCUT2D eigenvalue weighted by Gasteiger charge is -2.02. The van der Waals surface area contributed by atoms with Crippen molar-refractivity contribution in [2.24, 2.45) is 4.99 Å². The van der Waals surface area contributed by atoms with E-state index in [0.717, 1.165) is 28.4 Å². The summed E-state index contributed by atoms with van der Waals surface area (Å²) in [6, 6.07) is 16.1. The van der Waals surface area contributed by atoms with E-state index in [-0.39, 0.29) is 0 Å². The fraction of sp³-hybridized carbons (Fsp3) is 0.167. The second-order valence-electron chi connectivity index (χ2n) is 5.07. The Morgan fingerprint density at radius 2 is 1.76 bits per heavy atom. The summed E-state index contributed by atoms with van der Waals surface area (Å²) in [7, 11) is 1.66. The van der Waals surface area contributed by atoms with Crippen molar-refractivity contribution in [3.8, 4) is 5.75 Å². The number of aliphatic imine (C=N–C) groups is 1. The molecule has 0 amide bonds. The van der Waals surface area contributed by atoms with Gasteiger partial charge in [0.15, 0.2) is 0 Å². The zero-order valence-electron chi connectivity index (χ0n) is 12.5. The van der Waals surface area contributed by atoms with Crippen LogP contribution >= 0.6 is 0 Å². The van der Waals surface area contributed by atoms with Gasteiger partial charge < -0.3 is 9.72 Å². The molecule has 21 heavy (non-hydrogen) atoms. The van der Waals surface area contributed by atoms with Crippen molar-refractivity contribution >= 4 is 22.3 Å². The van der Waals surface area contributed by atoms with E-state index in [1.165, 1.54) is 10.9 Å². The molecule has 2 aromatic carbocycles. The predicted octanol–water partition coefficient (Wildman–Crippen LogP) is 4.63. The first-order valence-corrected chi connectivity index (χ1v) is 6.96. The van der Waals surface area contributed by atoms with Crippen LogP contribution < -0.4 is 4.74 Å². The molecular weight excluding hydrogens is 260 g/mol. The van der Waals surface area contributed by atoms with E-state index in [1.807, 2.05) is 37.3 Å². The summed E-state index contributed by atoms with van der Waals surface area (Å²) >= 11 is 0. The topological polar surface area (TPSA) is 37.4 Å². The number of hydrogen-bond donors (Lipinski definition) is 1. The molecule has 0 atom stereocenters. The zero-order valence-corrected chi connectivity index (χ0v) is 12.5. The number of nitrogens with zero attached hydrogens (tertiary/aromatic N) is 1. The van der Waals surface area contributed by atoms with Gasteiger partial charge in [-0.15, -0.1) is 0 Å². The molecule has 0 bridgehead atoms. The summed E-state index contributed by atoms with van der Waals surface area (Å²) < 4.78 is 5.16. The largest absolute Gasteiger partial charge is 0.497 e. The summed E-state index contributed by atoms with van der Waals surface area (Å²) in [5.74, 6) is 0.841. The van der Waals surface area contributed by atoms with Gasteiger partial charge >= 0.3 is 0 Å². The van der Waals surface area contributed by atoms with E-state index < -0.39 is 0 Å². The van der Waals surface area contributed by atoms with Crippen LogP contribution in [0.3, 0.4) is 0 Å². The average Bonchev–Trinajstić information content (AvgIpc) is 2.86. The van der Waals surface area contributed by atoms with Gasteiger partial charge in [-0.1, -0.05) is 18.2 Å². The SMILES string of the molecule is COc1ccc(N=C(C)c2[nH]c3ccccc3c2C)cc1. The first kappa shape index (κ1) is 13.4. The highest BCUT2D eigenvalue weighted by atomic mass is 16.5. The molecule has 0 radical (unpaired) electrons. The molecule has 0 saturated carbocycles. The molecule has 1 aromatic heterocycles. The minimum absolute atomic E-state index is 0.841. The molecule has 0 spiro atoms. The van der Waals surface area contributed by atoms with Crippen LogP contribution in [0.1, 0.15) is 18.2 Å². The van der Waals surface area contributed by atoms with Crippen molar-refractivity contribution in [2.75, 3.05) is 7.11 Å². The first-order chi connectivity index (χ1) is 10.2. The number of ether oxygens (including phenoxy) is 1. The van der Waals surface area contributed by atoms with Crippen molar-refractivity contribution in [2.45, 2.75) is 13.8 Å². The van der Waals surface area contributed by atoms with Crippen LogP contribution in [0.25, 0.3) is 10.9 Å². The van der Waals surface area contributed by atoms with E-state index >= 15 is 0 Å². The Kier molecular flexibility index (Phi) is 3.48. The molecule has 1 N–H and O–H groups in total. The first-order valence-electron chi connectivity index (χ1n) is 6.96. The van der Waals surface area contributed by atoms with Gasteiger partial charge in [0.05, 0.1) is 24.2 Å². The zero-order chi connectivity index (χ0) is 14.8. The number of aromatic nitrogens is 1. The maximum atomic E-state index is 5.16. The van der Waals surface area contributed by atoms with E-state index in [4.69, 9.17) is 9.73 Å². The summed E-state index contributed by atoms with van der Waals surface area (Å²) in [4.78, 5) is 8.14. The molecule has 1 heterocycles. The average molecular weight is 278 g/mol. The number of aromatic amines is 1. The second kappa shape index (κ2) is 5.44. The maximum Gasteiger partial charge on any atom is 0.119 e. The third-order valence-corrected chi connectivity index (χ3v) is 3.70. The fourth-order valence-electron chi connectivity index (χ4n) is 2.55. The Morgan fingerprint density at radius 3 is 2.43 bits per heavy atom. The quantitative estimate of drug-likeness (QED) is 0.697. The third-order valence-electron chi connectivity index (χ3n) is 3.70. The van der Waals surface area contributed by atoms with Crippen molar-refractivity contribution < 1.29 is 4.74 Å². The van der Waals surface area contributed by atoms with Crippen LogP contribution in [-0.2, 0) is 0 Å². The lowest BCUT2D eigenvalue weighted by Crippen LogP contribution is -1.96. The minimum Gasteiger partial charge on any atom is -0.497 e. The summed E-state index contributed by atoms with van der Waals surface area (Å²) in [6.45, 7) is 4.16. The van der Waals surface area contributed by atoms with E-state index in [9.17, 15) is 0 Å². The van der Waals surface area contributed by atoms with Gasteiger partial charge in [0, 0.05) is 10.9 Å². The van der Waals surface area contributed by atoms with Gasteiger partial charge in [0.2, 0.25) is 0 Å². The lowest BCUT2D eigenvalue weighted by molar-refractivity contribution is 0.415. The van der Waals surface area contributed by atoms with Gasteiger partial charge in [-0.3, -0.25) is 4.99 Å². The normalized spacial score (nSPS) is 11.9. The van der Waals surface area contributed by atoms with Crippen LogP contribution in [0.5, 0.6) is 5.75 Å². The van der Waals surface area contributed by atoms with Crippen LogP contribution in [-0.4, -0.2) is 17.8 Å². The van der Waals surface area contributed by atoms with Crippen molar-refractivity contribution in [1.29, 1.82) is 0 Å². The highest BCUT2D eigenvalue weighted by Crippen LogP contribution is 2.24. The third kappa shape index (κ3) is 2.55. The molecular formula is C18H18N2O. The van der Waals surface area contributed by atoms with Crippen LogP contribution in [0, 0.1) is 6.92 Å². The molecule has 3 heteroatoms. The van der Waals surface area contributed by atoms with Crippen LogP contribution in [0.15, 0.2) is 53.5 Å². The second-order valence-corrected chi connectivity index (χ2v) is 5.07. The Labute approximate surface area is 124 Å². The maximum absolute atomic E-state index is 5.16. The van der Waals surface area contributed by atoms with Crippen molar-refractivity contribution in [1.82, 2.24) is 4.98 Å². The molecule has 0 saturated heterocycles. The highest BCUT2D eigenvalue weighted by Gasteiger charge is 2.09. The number of aryl methyl sites for hydroxylation is 1. The van der Waals surface area contributed by atoms with E-state index in [1.54, 1.807) is 7.11 Å². The van der Waals surface area contributed by atoms with Gasteiger partial charge in [0.1, 0.15) is 5.75 Å². The Hall–Kier alpha value is -2.55. The van der Waals surface area contributed by atoms with Gasteiger partial charge in [-0.2, -0.15) is 0 Å². The molecule has 3 aromatic rings. The molecule has 0 aliphatic carbocycles. The minimum atomic E-state index is 0.841.